The summed E-state index contributed by atoms with van der Waals surface area (Å²) in [4.78, 5) is 3.27. The van der Waals surface area contributed by atoms with E-state index in [9.17, 15) is 4.39 Å². The SMILES string of the molecule is NCC(Cc1cccc(F)c1)c1c[nH]c2ccccc12. The monoisotopic (exact) mass is 268 g/mol. The van der Waals surface area contributed by atoms with Crippen LogP contribution < -0.4 is 5.73 Å². The molecule has 2 nitrogen and oxygen atoms in total. The van der Waals surface area contributed by atoms with Crippen molar-refractivity contribution in [3.05, 3.63) is 71.7 Å². The van der Waals surface area contributed by atoms with Gasteiger partial charge in [0.05, 0.1) is 0 Å². The first kappa shape index (κ1) is 12.9. The Labute approximate surface area is 117 Å². The van der Waals surface area contributed by atoms with Gasteiger partial charge in [-0.3, -0.25) is 0 Å². The summed E-state index contributed by atoms with van der Waals surface area (Å²) in [6.45, 7) is 0.540. The standard InChI is InChI=1S/C17H17FN2/c18-14-5-3-4-12(9-14)8-13(10-19)16-11-20-17-7-2-1-6-15(16)17/h1-7,9,11,13,20H,8,10,19H2. The number of nitrogens with two attached hydrogens (primary N) is 1. The van der Waals surface area contributed by atoms with Gasteiger partial charge in [0, 0.05) is 23.0 Å². The van der Waals surface area contributed by atoms with Crippen LogP contribution in [0.2, 0.25) is 0 Å². The number of benzene rings is 2. The van der Waals surface area contributed by atoms with E-state index in [2.05, 4.69) is 17.1 Å². The molecule has 0 spiro atoms. The van der Waals surface area contributed by atoms with Crippen molar-refractivity contribution in [2.24, 2.45) is 5.73 Å². The molecule has 1 unspecified atom stereocenters. The highest BCUT2D eigenvalue weighted by molar-refractivity contribution is 5.83. The second-order valence-electron chi connectivity index (χ2n) is 5.06. The number of halogens is 1. The van der Waals surface area contributed by atoms with Crippen LogP contribution in [0.4, 0.5) is 4.39 Å². The van der Waals surface area contributed by atoms with Crippen LogP contribution in [0, 0.1) is 5.82 Å². The summed E-state index contributed by atoms with van der Waals surface area (Å²) in [6.07, 6.45) is 2.76. The fourth-order valence-electron chi connectivity index (χ4n) is 2.70. The number of rotatable bonds is 4. The largest absolute Gasteiger partial charge is 0.361 e. The summed E-state index contributed by atoms with van der Waals surface area (Å²) in [6, 6.07) is 14.9. The lowest BCUT2D eigenvalue weighted by Crippen LogP contribution is -2.14. The van der Waals surface area contributed by atoms with E-state index < -0.39 is 0 Å². The van der Waals surface area contributed by atoms with Crippen LogP contribution >= 0.6 is 0 Å². The highest BCUT2D eigenvalue weighted by Crippen LogP contribution is 2.27. The van der Waals surface area contributed by atoms with E-state index >= 15 is 0 Å². The van der Waals surface area contributed by atoms with E-state index in [1.807, 2.05) is 24.4 Å². The van der Waals surface area contributed by atoms with Crippen molar-refractivity contribution in [1.29, 1.82) is 0 Å². The third-order valence-corrected chi connectivity index (χ3v) is 3.72. The van der Waals surface area contributed by atoms with Crippen molar-refractivity contribution in [2.75, 3.05) is 6.54 Å². The molecule has 0 aliphatic heterocycles. The Bertz CT molecular complexity index is 718. The smallest absolute Gasteiger partial charge is 0.123 e. The normalized spacial score (nSPS) is 12.7. The first-order valence-electron chi connectivity index (χ1n) is 6.78. The van der Waals surface area contributed by atoms with Gasteiger partial charge in [0.25, 0.3) is 0 Å². The molecule has 0 saturated heterocycles. The van der Waals surface area contributed by atoms with Crippen molar-refractivity contribution >= 4 is 10.9 Å². The molecule has 0 aliphatic carbocycles. The number of hydrogen-bond donors (Lipinski definition) is 2. The Hall–Kier alpha value is -2.13. The van der Waals surface area contributed by atoms with Gasteiger partial charge in [-0.25, -0.2) is 4.39 Å². The second-order valence-corrected chi connectivity index (χ2v) is 5.06. The van der Waals surface area contributed by atoms with Gasteiger partial charge in [-0.2, -0.15) is 0 Å². The molecule has 0 amide bonds. The quantitative estimate of drug-likeness (QED) is 0.746. The molecule has 102 valence electrons. The Morgan fingerprint density at radius 3 is 2.75 bits per heavy atom. The maximum absolute atomic E-state index is 13.3. The molecule has 3 N–H and O–H groups in total. The molecule has 1 aromatic heterocycles. The zero-order chi connectivity index (χ0) is 13.9. The maximum Gasteiger partial charge on any atom is 0.123 e. The lowest BCUT2D eigenvalue weighted by atomic mass is 9.92. The zero-order valence-electron chi connectivity index (χ0n) is 11.1. The zero-order valence-corrected chi connectivity index (χ0v) is 11.1. The van der Waals surface area contributed by atoms with Crippen LogP contribution in [-0.4, -0.2) is 11.5 Å². The molecule has 2 aromatic carbocycles. The van der Waals surface area contributed by atoms with Gasteiger partial charge in [-0.15, -0.1) is 0 Å². The molecule has 0 radical (unpaired) electrons. The van der Waals surface area contributed by atoms with Crippen molar-refractivity contribution in [3.63, 3.8) is 0 Å². The fourth-order valence-corrected chi connectivity index (χ4v) is 2.70. The Balaban J connectivity index is 1.93. The molecule has 3 heteroatoms. The fraction of sp³-hybridized carbons (Fsp3) is 0.176. The van der Waals surface area contributed by atoms with Gasteiger partial charge < -0.3 is 10.7 Å². The average molecular weight is 268 g/mol. The van der Waals surface area contributed by atoms with Gasteiger partial charge in [-0.05, 0) is 42.3 Å². The average Bonchev–Trinajstić information content (AvgIpc) is 2.89. The Morgan fingerprint density at radius 2 is 1.95 bits per heavy atom. The van der Waals surface area contributed by atoms with E-state index in [1.54, 1.807) is 12.1 Å². The van der Waals surface area contributed by atoms with Crippen LogP contribution in [0.15, 0.2) is 54.7 Å². The minimum absolute atomic E-state index is 0.188. The maximum atomic E-state index is 13.3. The molecule has 0 bridgehead atoms. The van der Waals surface area contributed by atoms with E-state index in [0.29, 0.717) is 6.54 Å². The molecule has 0 fully saturated rings. The van der Waals surface area contributed by atoms with E-state index in [4.69, 9.17) is 5.73 Å². The molecule has 20 heavy (non-hydrogen) atoms. The van der Waals surface area contributed by atoms with E-state index in [1.165, 1.54) is 17.0 Å². The summed E-state index contributed by atoms with van der Waals surface area (Å²) in [5.41, 5.74) is 9.22. The molecular formula is C17H17FN2. The van der Waals surface area contributed by atoms with E-state index in [0.717, 1.165) is 17.5 Å². The molecule has 3 aromatic rings. The first-order valence-corrected chi connectivity index (χ1v) is 6.78. The summed E-state index contributed by atoms with van der Waals surface area (Å²) in [7, 11) is 0. The van der Waals surface area contributed by atoms with Crippen molar-refractivity contribution < 1.29 is 4.39 Å². The molecule has 1 heterocycles. The lowest BCUT2D eigenvalue weighted by molar-refractivity contribution is 0.621. The number of H-pyrrole nitrogens is 1. The molecule has 3 rings (SSSR count). The lowest BCUT2D eigenvalue weighted by Gasteiger charge is -2.14. The molecule has 0 aliphatic rings. The third kappa shape index (κ3) is 2.45. The number of para-hydroxylation sites is 1. The van der Waals surface area contributed by atoms with Gasteiger partial charge in [0.15, 0.2) is 0 Å². The van der Waals surface area contributed by atoms with Gasteiger partial charge in [0.2, 0.25) is 0 Å². The Kier molecular flexibility index (Phi) is 3.52. The summed E-state index contributed by atoms with van der Waals surface area (Å²) in [5, 5.41) is 1.19. The second kappa shape index (κ2) is 5.47. The molecule has 0 saturated carbocycles. The van der Waals surface area contributed by atoms with Gasteiger partial charge >= 0.3 is 0 Å². The minimum atomic E-state index is -0.197. The van der Waals surface area contributed by atoms with Crippen LogP contribution in [-0.2, 0) is 6.42 Å². The van der Waals surface area contributed by atoms with Crippen LogP contribution in [0.1, 0.15) is 17.0 Å². The van der Waals surface area contributed by atoms with Crippen LogP contribution in [0.3, 0.4) is 0 Å². The highest BCUT2D eigenvalue weighted by atomic mass is 19.1. The van der Waals surface area contributed by atoms with Gasteiger partial charge in [0.1, 0.15) is 5.82 Å². The molecular weight excluding hydrogens is 251 g/mol. The number of hydrogen-bond acceptors (Lipinski definition) is 1. The predicted octanol–water partition coefficient (Wildman–Crippen LogP) is 3.59. The number of fused-ring (bicyclic) bond motifs is 1. The van der Waals surface area contributed by atoms with Crippen LogP contribution in [0.5, 0.6) is 0 Å². The summed E-state index contributed by atoms with van der Waals surface area (Å²) in [5.74, 6) is -0.00912. The molecule has 1 atom stereocenters. The highest BCUT2D eigenvalue weighted by Gasteiger charge is 2.15. The van der Waals surface area contributed by atoms with E-state index in [-0.39, 0.29) is 11.7 Å². The number of aromatic amines is 1. The van der Waals surface area contributed by atoms with Gasteiger partial charge in [-0.1, -0.05) is 30.3 Å². The van der Waals surface area contributed by atoms with Crippen molar-refractivity contribution in [3.8, 4) is 0 Å². The van der Waals surface area contributed by atoms with Crippen molar-refractivity contribution in [1.82, 2.24) is 4.98 Å². The Morgan fingerprint density at radius 1 is 1.10 bits per heavy atom. The topological polar surface area (TPSA) is 41.8 Å². The number of nitrogens with one attached hydrogen (secondary N) is 1. The summed E-state index contributed by atoms with van der Waals surface area (Å²) >= 11 is 0. The number of aromatic nitrogens is 1. The first-order chi connectivity index (χ1) is 9.78. The third-order valence-electron chi connectivity index (χ3n) is 3.72. The summed E-state index contributed by atoms with van der Waals surface area (Å²) < 4.78 is 13.3. The van der Waals surface area contributed by atoms with Crippen LogP contribution in [0.25, 0.3) is 10.9 Å². The van der Waals surface area contributed by atoms with Crippen molar-refractivity contribution in [2.45, 2.75) is 12.3 Å². The minimum Gasteiger partial charge on any atom is -0.361 e. The predicted molar refractivity (Wildman–Crippen MR) is 80.2 cm³/mol.